The third kappa shape index (κ3) is 2.91. The summed E-state index contributed by atoms with van der Waals surface area (Å²) in [7, 11) is 0. The number of hydrogen-bond acceptors (Lipinski definition) is 4. The van der Waals surface area contributed by atoms with Crippen LogP contribution in [-0.2, 0) is 14.9 Å². The van der Waals surface area contributed by atoms with Gasteiger partial charge in [-0.05, 0) is 35.4 Å². The van der Waals surface area contributed by atoms with E-state index in [1.165, 1.54) is 16.9 Å². The van der Waals surface area contributed by atoms with Crippen LogP contribution in [0.2, 0.25) is 0 Å². The van der Waals surface area contributed by atoms with E-state index >= 15 is 0 Å². The Morgan fingerprint density at radius 1 is 1.00 bits per heavy atom. The molecule has 0 radical (unpaired) electrons. The maximum absolute atomic E-state index is 12.5. The Kier molecular flexibility index (Phi) is 4.58. The van der Waals surface area contributed by atoms with E-state index in [0.717, 1.165) is 38.4 Å². The van der Waals surface area contributed by atoms with Gasteiger partial charge < -0.3 is 19.9 Å². The van der Waals surface area contributed by atoms with Crippen molar-refractivity contribution >= 4 is 23.4 Å². The Morgan fingerprint density at radius 2 is 1.73 bits per heavy atom. The van der Waals surface area contributed by atoms with Gasteiger partial charge in [-0.1, -0.05) is 50.3 Å². The molecule has 5 rings (SSSR count). The van der Waals surface area contributed by atoms with Crippen molar-refractivity contribution in [3.8, 4) is 0 Å². The number of morpholine rings is 1. The fourth-order valence-corrected chi connectivity index (χ4v) is 5.15. The van der Waals surface area contributed by atoms with Crippen LogP contribution in [0.4, 0.5) is 11.4 Å². The zero-order chi connectivity index (χ0) is 20.8. The summed E-state index contributed by atoms with van der Waals surface area (Å²) in [6.45, 7) is 8.63. The second-order valence-electron chi connectivity index (χ2n) is 8.88. The maximum atomic E-state index is 12.5. The van der Waals surface area contributed by atoms with Gasteiger partial charge >= 0.3 is 0 Å². The highest BCUT2D eigenvalue weighted by Crippen LogP contribution is 2.52. The molecule has 5 heteroatoms. The van der Waals surface area contributed by atoms with Gasteiger partial charge in [0.1, 0.15) is 5.66 Å². The zero-order valence-corrected chi connectivity index (χ0v) is 17.7. The van der Waals surface area contributed by atoms with Gasteiger partial charge in [-0.25, -0.2) is 0 Å². The minimum absolute atomic E-state index is 0.111. The van der Waals surface area contributed by atoms with E-state index in [-0.39, 0.29) is 11.3 Å². The summed E-state index contributed by atoms with van der Waals surface area (Å²) in [5.74, 6) is 0.111. The van der Waals surface area contributed by atoms with Crippen LogP contribution in [0.15, 0.2) is 54.6 Å². The van der Waals surface area contributed by atoms with Crippen LogP contribution in [0.25, 0.3) is 6.08 Å². The van der Waals surface area contributed by atoms with E-state index < -0.39 is 5.66 Å². The smallest absolute Gasteiger partial charge is 0.223 e. The molecular formula is C25H29N3O2. The third-order valence-corrected chi connectivity index (χ3v) is 6.93. The highest BCUT2D eigenvalue weighted by Gasteiger charge is 2.57. The molecule has 3 aliphatic heterocycles. The predicted octanol–water partition coefficient (Wildman–Crippen LogP) is 3.55. The molecule has 1 N–H and O–H groups in total. The van der Waals surface area contributed by atoms with Gasteiger partial charge in [0.2, 0.25) is 5.91 Å². The summed E-state index contributed by atoms with van der Waals surface area (Å²) < 4.78 is 5.45. The molecule has 156 valence electrons. The number of nitrogens with zero attached hydrogens (tertiary/aromatic N) is 2. The molecule has 1 amide bonds. The lowest BCUT2D eigenvalue weighted by atomic mass is 9.74. The standard InChI is InChI=1S/C25H29N3O2/c1-24(2)21-5-3-4-6-22(21)28-14-12-23(29)26-25(24,28)13-11-19-7-9-20(10-8-19)27-15-17-30-18-16-27/h3-11,13H,12,14-18H2,1-2H3,(H,26,29). The Hall–Kier alpha value is -2.79. The first-order chi connectivity index (χ1) is 14.5. The summed E-state index contributed by atoms with van der Waals surface area (Å²) in [5.41, 5.74) is 4.05. The molecule has 0 bridgehead atoms. The van der Waals surface area contributed by atoms with Crippen LogP contribution >= 0.6 is 0 Å². The molecule has 3 heterocycles. The normalized spacial score (nSPS) is 25.2. The molecule has 2 aromatic carbocycles. The fourth-order valence-electron chi connectivity index (χ4n) is 5.15. The lowest BCUT2D eigenvalue weighted by Gasteiger charge is -2.49. The Bertz CT molecular complexity index is 976. The number of anilines is 2. The van der Waals surface area contributed by atoms with Crippen molar-refractivity contribution in [3.05, 3.63) is 65.7 Å². The average molecular weight is 404 g/mol. The number of nitrogens with one attached hydrogen (secondary N) is 1. The van der Waals surface area contributed by atoms with E-state index in [9.17, 15) is 4.79 Å². The second-order valence-corrected chi connectivity index (χ2v) is 8.88. The number of amides is 1. The van der Waals surface area contributed by atoms with Crippen LogP contribution in [0, 0.1) is 0 Å². The van der Waals surface area contributed by atoms with Crippen molar-refractivity contribution in [1.82, 2.24) is 5.32 Å². The highest BCUT2D eigenvalue weighted by molar-refractivity contribution is 5.84. The van der Waals surface area contributed by atoms with Crippen molar-refractivity contribution in [2.75, 3.05) is 42.6 Å². The quantitative estimate of drug-likeness (QED) is 0.851. The van der Waals surface area contributed by atoms with Crippen molar-refractivity contribution in [2.45, 2.75) is 31.3 Å². The first-order valence-electron chi connectivity index (χ1n) is 10.8. The summed E-state index contributed by atoms with van der Waals surface area (Å²) in [6.07, 6.45) is 4.86. The molecule has 2 aromatic rings. The van der Waals surface area contributed by atoms with Crippen LogP contribution < -0.4 is 15.1 Å². The summed E-state index contributed by atoms with van der Waals surface area (Å²) in [4.78, 5) is 17.2. The molecule has 0 spiro atoms. The zero-order valence-electron chi connectivity index (χ0n) is 17.7. The van der Waals surface area contributed by atoms with E-state index in [1.807, 2.05) is 0 Å². The van der Waals surface area contributed by atoms with Gasteiger partial charge in [-0.15, -0.1) is 0 Å². The Morgan fingerprint density at radius 3 is 2.50 bits per heavy atom. The van der Waals surface area contributed by atoms with Crippen molar-refractivity contribution in [3.63, 3.8) is 0 Å². The predicted molar refractivity (Wildman–Crippen MR) is 121 cm³/mol. The molecule has 0 aliphatic carbocycles. The first kappa shape index (κ1) is 19.2. The number of rotatable bonds is 3. The molecule has 2 fully saturated rings. The largest absolute Gasteiger partial charge is 0.378 e. The molecule has 5 nitrogen and oxygen atoms in total. The topological polar surface area (TPSA) is 44.8 Å². The number of para-hydroxylation sites is 1. The second kappa shape index (κ2) is 7.17. The number of hydrogen-bond donors (Lipinski definition) is 1. The molecule has 1 atom stereocenters. The van der Waals surface area contributed by atoms with Crippen molar-refractivity contribution < 1.29 is 9.53 Å². The van der Waals surface area contributed by atoms with Crippen LogP contribution in [-0.4, -0.2) is 44.4 Å². The number of fused-ring (bicyclic) bond motifs is 3. The molecule has 0 saturated carbocycles. The summed E-state index contributed by atoms with van der Waals surface area (Å²) in [6, 6.07) is 17.2. The Labute approximate surface area is 178 Å². The van der Waals surface area contributed by atoms with E-state index in [0.29, 0.717) is 6.42 Å². The molecule has 30 heavy (non-hydrogen) atoms. The van der Waals surface area contributed by atoms with Gasteiger partial charge in [-0.3, -0.25) is 4.79 Å². The fraction of sp³-hybridized carbons (Fsp3) is 0.400. The molecule has 0 aromatic heterocycles. The van der Waals surface area contributed by atoms with E-state index in [1.54, 1.807) is 0 Å². The van der Waals surface area contributed by atoms with Crippen molar-refractivity contribution in [2.24, 2.45) is 0 Å². The summed E-state index contributed by atoms with van der Waals surface area (Å²) in [5, 5.41) is 3.34. The lowest BCUT2D eigenvalue weighted by molar-refractivity contribution is -0.124. The number of carbonyl (C=O) groups excluding carboxylic acids is 1. The highest BCUT2D eigenvalue weighted by atomic mass is 16.5. The Balaban J connectivity index is 1.47. The van der Waals surface area contributed by atoms with Gasteiger partial charge in [0, 0.05) is 42.8 Å². The van der Waals surface area contributed by atoms with Crippen LogP contribution in [0.5, 0.6) is 0 Å². The lowest BCUT2D eigenvalue weighted by Crippen LogP contribution is -2.68. The SMILES string of the molecule is CC1(C)c2ccccc2N2CCC(=O)NC21C=Cc1ccc(N2CCOCC2)cc1. The van der Waals surface area contributed by atoms with E-state index in [4.69, 9.17) is 4.74 Å². The van der Waals surface area contributed by atoms with E-state index in [2.05, 4.69) is 89.6 Å². The average Bonchev–Trinajstić information content (AvgIpc) is 2.97. The molecule has 1 unspecified atom stereocenters. The molecular weight excluding hydrogens is 374 g/mol. The first-order valence-corrected chi connectivity index (χ1v) is 10.8. The third-order valence-electron chi connectivity index (χ3n) is 6.93. The maximum Gasteiger partial charge on any atom is 0.223 e. The van der Waals surface area contributed by atoms with Gasteiger partial charge in [0.15, 0.2) is 0 Å². The minimum Gasteiger partial charge on any atom is -0.378 e. The molecule has 2 saturated heterocycles. The van der Waals surface area contributed by atoms with Gasteiger partial charge in [0.05, 0.1) is 13.2 Å². The minimum atomic E-state index is -0.561. The number of benzene rings is 2. The van der Waals surface area contributed by atoms with Crippen molar-refractivity contribution in [1.29, 1.82) is 0 Å². The summed E-state index contributed by atoms with van der Waals surface area (Å²) >= 11 is 0. The van der Waals surface area contributed by atoms with Gasteiger partial charge in [0.25, 0.3) is 0 Å². The monoisotopic (exact) mass is 403 g/mol. The number of ether oxygens (including phenoxy) is 1. The van der Waals surface area contributed by atoms with Crippen LogP contribution in [0.1, 0.15) is 31.4 Å². The number of carbonyl (C=O) groups is 1. The molecule has 3 aliphatic rings. The van der Waals surface area contributed by atoms with Gasteiger partial charge in [-0.2, -0.15) is 0 Å². The van der Waals surface area contributed by atoms with Crippen LogP contribution in [0.3, 0.4) is 0 Å².